The van der Waals surface area contributed by atoms with Gasteiger partial charge in [-0.05, 0) is 64.2 Å². The lowest BCUT2D eigenvalue weighted by Gasteiger charge is -2.33. The number of nitrogens with one attached hydrogen (secondary N) is 2. The number of fused-ring (bicyclic) bond motifs is 1. The van der Waals surface area contributed by atoms with Gasteiger partial charge in [-0.2, -0.15) is 0 Å². The van der Waals surface area contributed by atoms with E-state index in [1.165, 1.54) is 11.3 Å². The monoisotopic (exact) mass is 381 g/mol. The van der Waals surface area contributed by atoms with Crippen LogP contribution in [-0.2, 0) is 4.79 Å². The summed E-state index contributed by atoms with van der Waals surface area (Å²) in [7, 11) is 0. The summed E-state index contributed by atoms with van der Waals surface area (Å²) in [6.45, 7) is 5.55. The zero-order valence-electron chi connectivity index (χ0n) is 14.7. The molecule has 5 nitrogen and oxygen atoms in total. The first-order valence-electron chi connectivity index (χ1n) is 8.57. The predicted molar refractivity (Wildman–Crippen MR) is 103 cm³/mol. The Morgan fingerprint density at radius 2 is 2.24 bits per heavy atom. The minimum Gasteiger partial charge on any atom is -0.390 e. The Morgan fingerprint density at radius 1 is 1.48 bits per heavy atom. The fraction of sp³-hybridized carbons (Fsp3) is 0.556. The first-order valence-corrected chi connectivity index (χ1v) is 9.77. The van der Waals surface area contributed by atoms with E-state index in [4.69, 9.17) is 11.6 Å². The molecule has 1 saturated heterocycles. The second-order valence-corrected chi connectivity index (χ2v) is 8.88. The molecule has 1 aromatic carbocycles. The third-order valence-corrected chi connectivity index (χ3v) is 5.78. The number of aromatic nitrogens is 1. The molecule has 1 aliphatic rings. The summed E-state index contributed by atoms with van der Waals surface area (Å²) in [4.78, 5) is 17.1. The maximum Gasteiger partial charge on any atom is 0.243 e. The molecular weight excluding hydrogens is 358 g/mol. The highest BCUT2D eigenvalue weighted by atomic mass is 35.5. The van der Waals surface area contributed by atoms with Crippen LogP contribution in [0.25, 0.3) is 10.2 Å². The van der Waals surface area contributed by atoms with Gasteiger partial charge in [0, 0.05) is 11.1 Å². The van der Waals surface area contributed by atoms with Crippen molar-refractivity contribution in [2.24, 2.45) is 0 Å². The van der Waals surface area contributed by atoms with Gasteiger partial charge >= 0.3 is 0 Å². The molecule has 1 unspecified atom stereocenters. The molecule has 1 aromatic heterocycles. The molecule has 0 spiro atoms. The molecular formula is C18H24ClN3O2S. The molecule has 2 heterocycles. The van der Waals surface area contributed by atoms with E-state index in [-0.39, 0.29) is 18.0 Å². The highest BCUT2D eigenvalue weighted by molar-refractivity contribution is 7.22. The van der Waals surface area contributed by atoms with Crippen LogP contribution in [-0.4, -0.2) is 33.7 Å². The summed E-state index contributed by atoms with van der Waals surface area (Å²) in [6, 6.07) is 3.72. The minimum atomic E-state index is -0.736. The summed E-state index contributed by atoms with van der Waals surface area (Å²) >= 11 is 7.59. The molecule has 1 aliphatic heterocycles. The normalized spacial score (nSPS) is 21.5. The number of hydrogen-bond acceptors (Lipinski definition) is 5. The van der Waals surface area contributed by atoms with Gasteiger partial charge in [-0.25, -0.2) is 4.98 Å². The Hall–Kier alpha value is -1.21. The van der Waals surface area contributed by atoms with Crippen molar-refractivity contribution in [2.45, 2.75) is 64.1 Å². The first-order chi connectivity index (χ1) is 11.7. The van der Waals surface area contributed by atoms with Gasteiger partial charge in [0.1, 0.15) is 0 Å². The van der Waals surface area contributed by atoms with Gasteiger partial charge in [-0.15, -0.1) is 0 Å². The van der Waals surface area contributed by atoms with Crippen LogP contribution in [0.3, 0.4) is 0 Å². The fourth-order valence-electron chi connectivity index (χ4n) is 3.29. The SMILES string of the molecule is Cc1cc2sc(NC(=O)[C@@H]3CCCC(CC(C)(C)O)N3)nc2cc1Cl. The Morgan fingerprint density at radius 3 is 2.96 bits per heavy atom. The molecule has 0 saturated carbocycles. The summed E-state index contributed by atoms with van der Waals surface area (Å²) in [5.74, 6) is -0.0673. The van der Waals surface area contributed by atoms with E-state index >= 15 is 0 Å². The summed E-state index contributed by atoms with van der Waals surface area (Å²) in [5.41, 5.74) is 1.06. The lowest BCUT2D eigenvalue weighted by molar-refractivity contribution is -0.119. The molecule has 7 heteroatoms. The molecule has 2 atom stereocenters. The van der Waals surface area contributed by atoms with Crippen molar-refractivity contribution in [1.82, 2.24) is 10.3 Å². The van der Waals surface area contributed by atoms with Crippen LogP contribution in [0.1, 0.15) is 45.1 Å². The Labute approximate surface area is 156 Å². The molecule has 3 rings (SSSR count). The van der Waals surface area contributed by atoms with E-state index in [9.17, 15) is 9.90 Å². The number of carbonyl (C=O) groups is 1. The van der Waals surface area contributed by atoms with Crippen molar-refractivity contribution in [3.05, 3.63) is 22.7 Å². The maximum atomic E-state index is 12.6. The molecule has 0 radical (unpaired) electrons. The van der Waals surface area contributed by atoms with Gasteiger partial charge < -0.3 is 15.7 Å². The third-order valence-electron chi connectivity index (χ3n) is 4.44. The van der Waals surface area contributed by atoms with E-state index in [2.05, 4.69) is 15.6 Å². The number of amides is 1. The Balaban J connectivity index is 1.67. The molecule has 136 valence electrons. The lowest BCUT2D eigenvalue weighted by atomic mass is 9.90. The summed E-state index contributed by atoms with van der Waals surface area (Å²) < 4.78 is 1.01. The average molecular weight is 382 g/mol. The van der Waals surface area contributed by atoms with Crippen molar-refractivity contribution < 1.29 is 9.90 Å². The summed E-state index contributed by atoms with van der Waals surface area (Å²) in [6.07, 6.45) is 3.38. The minimum absolute atomic E-state index is 0.0673. The van der Waals surface area contributed by atoms with E-state index in [1.54, 1.807) is 13.8 Å². The summed E-state index contributed by atoms with van der Waals surface area (Å²) in [5, 5.41) is 17.6. The van der Waals surface area contributed by atoms with Crippen LogP contribution in [0.15, 0.2) is 12.1 Å². The van der Waals surface area contributed by atoms with E-state index < -0.39 is 5.60 Å². The van der Waals surface area contributed by atoms with E-state index in [1.807, 2.05) is 19.1 Å². The molecule has 2 aromatic rings. The van der Waals surface area contributed by atoms with E-state index in [0.29, 0.717) is 16.6 Å². The molecule has 1 fully saturated rings. The Kier molecular flexibility index (Phi) is 5.34. The van der Waals surface area contributed by atoms with Crippen molar-refractivity contribution >= 4 is 44.2 Å². The third kappa shape index (κ3) is 4.70. The number of halogens is 1. The van der Waals surface area contributed by atoms with Gasteiger partial charge in [0.05, 0.1) is 21.9 Å². The molecule has 0 bridgehead atoms. The van der Waals surface area contributed by atoms with Crippen LogP contribution in [0.2, 0.25) is 5.02 Å². The highest BCUT2D eigenvalue weighted by Crippen LogP contribution is 2.30. The van der Waals surface area contributed by atoms with Crippen molar-refractivity contribution in [3.63, 3.8) is 0 Å². The van der Waals surface area contributed by atoms with Crippen molar-refractivity contribution in [2.75, 3.05) is 5.32 Å². The molecule has 25 heavy (non-hydrogen) atoms. The first kappa shape index (κ1) is 18.6. The topological polar surface area (TPSA) is 74.2 Å². The molecule has 0 aliphatic carbocycles. The number of piperidine rings is 1. The van der Waals surface area contributed by atoms with E-state index in [0.717, 1.165) is 35.0 Å². The zero-order chi connectivity index (χ0) is 18.2. The molecule has 1 amide bonds. The van der Waals surface area contributed by atoms with Gasteiger partial charge in [-0.1, -0.05) is 22.9 Å². The van der Waals surface area contributed by atoms with Crippen LogP contribution in [0.4, 0.5) is 5.13 Å². The van der Waals surface area contributed by atoms with Crippen LogP contribution in [0.5, 0.6) is 0 Å². The van der Waals surface area contributed by atoms with Crippen molar-refractivity contribution in [3.8, 4) is 0 Å². The lowest BCUT2D eigenvalue weighted by Crippen LogP contribution is -2.50. The van der Waals surface area contributed by atoms with Gasteiger partial charge in [-0.3, -0.25) is 4.79 Å². The highest BCUT2D eigenvalue weighted by Gasteiger charge is 2.30. The molecule has 3 N–H and O–H groups in total. The number of nitrogens with zero attached hydrogens (tertiary/aromatic N) is 1. The zero-order valence-corrected chi connectivity index (χ0v) is 16.3. The second-order valence-electron chi connectivity index (χ2n) is 7.44. The van der Waals surface area contributed by atoms with Crippen LogP contribution >= 0.6 is 22.9 Å². The fourth-order valence-corrected chi connectivity index (χ4v) is 4.39. The second kappa shape index (κ2) is 7.19. The number of anilines is 1. The number of aryl methyl sites for hydroxylation is 1. The van der Waals surface area contributed by atoms with Crippen LogP contribution < -0.4 is 10.6 Å². The van der Waals surface area contributed by atoms with Gasteiger partial charge in [0.15, 0.2) is 5.13 Å². The number of thiazole rings is 1. The Bertz CT molecular complexity index is 745. The number of aliphatic hydroxyl groups is 1. The number of hydrogen-bond donors (Lipinski definition) is 3. The van der Waals surface area contributed by atoms with Gasteiger partial charge in [0.2, 0.25) is 5.91 Å². The smallest absolute Gasteiger partial charge is 0.243 e. The average Bonchev–Trinajstić information content (AvgIpc) is 2.87. The maximum absolute atomic E-state index is 12.6. The largest absolute Gasteiger partial charge is 0.390 e. The number of carbonyl (C=O) groups excluding carboxylic acids is 1. The standard InChI is InChI=1S/C18H24ClN3O2S/c1-10-7-15-14(8-12(10)19)21-17(25-15)22-16(23)13-6-4-5-11(20-13)9-18(2,3)24/h7-8,11,13,20,24H,4-6,9H2,1-3H3,(H,21,22,23)/t11?,13-/m0/s1. The number of benzene rings is 1. The number of rotatable bonds is 4. The quantitative estimate of drug-likeness (QED) is 0.751. The van der Waals surface area contributed by atoms with Gasteiger partial charge in [0.25, 0.3) is 0 Å². The predicted octanol–water partition coefficient (Wildman–Crippen LogP) is 3.87. The van der Waals surface area contributed by atoms with Crippen molar-refractivity contribution in [1.29, 1.82) is 0 Å². The van der Waals surface area contributed by atoms with Crippen LogP contribution in [0, 0.1) is 6.92 Å².